The highest BCUT2D eigenvalue weighted by Crippen LogP contribution is 2.19. The standard InChI is InChI=1S/C16H16N4/c1-12-7-13(9-17)8-16(19-12)20-11-15(10-18-20)14-5-3-2-4-6-14/h2-8,10-11H,9,17H2,1H3. The van der Waals surface area contributed by atoms with E-state index in [1.54, 1.807) is 4.68 Å². The van der Waals surface area contributed by atoms with Crippen molar-refractivity contribution in [2.75, 3.05) is 0 Å². The summed E-state index contributed by atoms with van der Waals surface area (Å²) in [7, 11) is 0. The fraction of sp³-hybridized carbons (Fsp3) is 0.125. The number of aromatic nitrogens is 3. The van der Waals surface area contributed by atoms with Gasteiger partial charge < -0.3 is 5.73 Å². The smallest absolute Gasteiger partial charge is 0.153 e. The first-order valence-corrected chi connectivity index (χ1v) is 6.54. The van der Waals surface area contributed by atoms with Gasteiger partial charge in [-0.05, 0) is 30.2 Å². The third-order valence-corrected chi connectivity index (χ3v) is 3.16. The van der Waals surface area contributed by atoms with Crippen LogP contribution in [0.4, 0.5) is 0 Å². The van der Waals surface area contributed by atoms with Gasteiger partial charge >= 0.3 is 0 Å². The predicted molar refractivity (Wildman–Crippen MR) is 79.4 cm³/mol. The molecule has 0 aliphatic heterocycles. The number of benzene rings is 1. The second-order valence-corrected chi connectivity index (χ2v) is 4.72. The number of nitrogens with two attached hydrogens (primary N) is 1. The average Bonchev–Trinajstić information content (AvgIpc) is 2.97. The zero-order valence-electron chi connectivity index (χ0n) is 11.3. The second kappa shape index (κ2) is 5.27. The molecule has 3 aromatic rings. The maximum absolute atomic E-state index is 5.70. The third kappa shape index (κ3) is 2.46. The van der Waals surface area contributed by atoms with Crippen molar-refractivity contribution >= 4 is 0 Å². The van der Waals surface area contributed by atoms with Crippen LogP contribution in [0.25, 0.3) is 16.9 Å². The summed E-state index contributed by atoms with van der Waals surface area (Å²) in [5.41, 5.74) is 9.92. The molecular formula is C16H16N4. The molecule has 2 aromatic heterocycles. The Morgan fingerprint density at radius 2 is 1.90 bits per heavy atom. The molecule has 0 atom stereocenters. The van der Waals surface area contributed by atoms with Crippen LogP contribution in [0.2, 0.25) is 0 Å². The Labute approximate surface area is 117 Å². The van der Waals surface area contributed by atoms with E-state index in [0.29, 0.717) is 6.54 Å². The monoisotopic (exact) mass is 264 g/mol. The summed E-state index contributed by atoms with van der Waals surface area (Å²) >= 11 is 0. The van der Waals surface area contributed by atoms with Crippen LogP contribution >= 0.6 is 0 Å². The summed E-state index contributed by atoms with van der Waals surface area (Å²) in [6.07, 6.45) is 3.83. The van der Waals surface area contributed by atoms with Crippen molar-refractivity contribution in [3.8, 4) is 16.9 Å². The minimum absolute atomic E-state index is 0.503. The van der Waals surface area contributed by atoms with Crippen molar-refractivity contribution in [1.29, 1.82) is 0 Å². The Hall–Kier alpha value is -2.46. The van der Waals surface area contributed by atoms with Crippen LogP contribution in [0.15, 0.2) is 54.9 Å². The molecule has 100 valence electrons. The van der Waals surface area contributed by atoms with Gasteiger partial charge in [0.15, 0.2) is 5.82 Å². The summed E-state index contributed by atoms with van der Waals surface area (Å²) in [4.78, 5) is 4.50. The molecule has 0 saturated heterocycles. The molecule has 0 fully saturated rings. The highest BCUT2D eigenvalue weighted by atomic mass is 15.3. The van der Waals surface area contributed by atoms with Crippen molar-refractivity contribution in [2.24, 2.45) is 5.73 Å². The van der Waals surface area contributed by atoms with Gasteiger partial charge in [-0.1, -0.05) is 30.3 Å². The van der Waals surface area contributed by atoms with E-state index in [1.165, 1.54) is 0 Å². The average molecular weight is 264 g/mol. The van der Waals surface area contributed by atoms with Gasteiger partial charge in [0.05, 0.1) is 6.20 Å². The first-order chi connectivity index (χ1) is 9.76. The Bertz CT molecular complexity index is 716. The normalized spacial score (nSPS) is 10.7. The van der Waals surface area contributed by atoms with Crippen LogP contribution in [0.5, 0.6) is 0 Å². The van der Waals surface area contributed by atoms with Crippen molar-refractivity contribution in [1.82, 2.24) is 14.8 Å². The molecule has 2 N–H and O–H groups in total. The van der Waals surface area contributed by atoms with Gasteiger partial charge in [0.25, 0.3) is 0 Å². The van der Waals surface area contributed by atoms with E-state index in [2.05, 4.69) is 22.2 Å². The molecule has 3 rings (SSSR count). The van der Waals surface area contributed by atoms with Gasteiger partial charge in [0, 0.05) is 24.0 Å². The van der Waals surface area contributed by atoms with E-state index >= 15 is 0 Å². The van der Waals surface area contributed by atoms with Gasteiger partial charge in [-0.15, -0.1) is 0 Å². The quantitative estimate of drug-likeness (QED) is 0.791. The predicted octanol–water partition coefficient (Wildman–Crippen LogP) is 2.70. The molecule has 0 aliphatic rings. The molecule has 0 spiro atoms. The van der Waals surface area contributed by atoms with Crippen LogP contribution in [-0.2, 0) is 6.54 Å². The van der Waals surface area contributed by atoms with Crippen LogP contribution < -0.4 is 5.73 Å². The van der Waals surface area contributed by atoms with Gasteiger partial charge in [0.2, 0.25) is 0 Å². The molecule has 0 aliphatic carbocycles. The molecule has 0 amide bonds. The minimum Gasteiger partial charge on any atom is -0.326 e. The first kappa shape index (κ1) is 12.6. The molecule has 0 unspecified atom stereocenters. The minimum atomic E-state index is 0.503. The molecule has 20 heavy (non-hydrogen) atoms. The molecule has 4 nitrogen and oxygen atoms in total. The van der Waals surface area contributed by atoms with E-state index in [4.69, 9.17) is 5.73 Å². The largest absolute Gasteiger partial charge is 0.326 e. The lowest BCUT2D eigenvalue weighted by Crippen LogP contribution is -2.03. The molecule has 4 heteroatoms. The van der Waals surface area contributed by atoms with Crippen molar-refractivity contribution in [3.63, 3.8) is 0 Å². The van der Waals surface area contributed by atoms with E-state index in [-0.39, 0.29) is 0 Å². The molecule has 0 bridgehead atoms. The third-order valence-electron chi connectivity index (χ3n) is 3.16. The first-order valence-electron chi connectivity index (χ1n) is 6.54. The Kier molecular flexibility index (Phi) is 3.31. The van der Waals surface area contributed by atoms with Crippen molar-refractivity contribution < 1.29 is 0 Å². The molecule has 1 aromatic carbocycles. The fourth-order valence-electron chi connectivity index (χ4n) is 2.18. The zero-order chi connectivity index (χ0) is 13.9. The number of rotatable bonds is 3. The Morgan fingerprint density at radius 1 is 1.10 bits per heavy atom. The molecule has 0 saturated carbocycles. The van der Waals surface area contributed by atoms with Crippen LogP contribution in [-0.4, -0.2) is 14.8 Å². The maximum atomic E-state index is 5.70. The number of hydrogen-bond donors (Lipinski definition) is 1. The van der Waals surface area contributed by atoms with Gasteiger partial charge in [0.1, 0.15) is 0 Å². The van der Waals surface area contributed by atoms with Gasteiger partial charge in [-0.3, -0.25) is 0 Å². The van der Waals surface area contributed by atoms with E-state index in [0.717, 1.165) is 28.2 Å². The summed E-state index contributed by atoms with van der Waals surface area (Å²) in [6.45, 7) is 2.47. The number of pyridine rings is 1. The van der Waals surface area contributed by atoms with E-state index in [1.807, 2.05) is 49.6 Å². The summed E-state index contributed by atoms with van der Waals surface area (Å²) in [5.74, 6) is 0.799. The molecular weight excluding hydrogens is 248 g/mol. The number of hydrogen-bond acceptors (Lipinski definition) is 3. The van der Waals surface area contributed by atoms with Crippen LogP contribution in [0.1, 0.15) is 11.3 Å². The SMILES string of the molecule is Cc1cc(CN)cc(-n2cc(-c3ccccc3)cn2)n1. The fourth-order valence-corrected chi connectivity index (χ4v) is 2.18. The van der Waals surface area contributed by atoms with Crippen molar-refractivity contribution in [2.45, 2.75) is 13.5 Å². The molecule has 0 radical (unpaired) electrons. The van der Waals surface area contributed by atoms with E-state index in [9.17, 15) is 0 Å². The summed E-state index contributed by atoms with van der Waals surface area (Å²) < 4.78 is 1.79. The summed E-state index contributed by atoms with van der Waals surface area (Å²) in [5, 5.41) is 4.39. The van der Waals surface area contributed by atoms with Gasteiger partial charge in [-0.25, -0.2) is 9.67 Å². The lowest BCUT2D eigenvalue weighted by molar-refractivity contribution is 0.834. The number of aryl methyl sites for hydroxylation is 1. The van der Waals surface area contributed by atoms with Crippen molar-refractivity contribution in [3.05, 3.63) is 66.1 Å². The zero-order valence-corrected chi connectivity index (χ0v) is 11.3. The van der Waals surface area contributed by atoms with Gasteiger partial charge in [-0.2, -0.15) is 5.10 Å². The topological polar surface area (TPSA) is 56.7 Å². The highest BCUT2D eigenvalue weighted by molar-refractivity contribution is 5.61. The lowest BCUT2D eigenvalue weighted by Gasteiger charge is -2.05. The second-order valence-electron chi connectivity index (χ2n) is 4.72. The maximum Gasteiger partial charge on any atom is 0.153 e. The lowest BCUT2D eigenvalue weighted by atomic mass is 10.1. The molecule has 2 heterocycles. The Balaban J connectivity index is 2.00. The Morgan fingerprint density at radius 3 is 2.65 bits per heavy atom. The highest BCUT2D eigenvalue weighted by Gasteiger charge is 2.05. The van der Waals surface area contributed by atoms with Crippen LogP contribution in [0.3, 0.4) is 0 Å². The van der Waals surface area contributed by atoms with E-state index < -0.39 is 0 Å². The van der Waals surface area contributed by atoms with Crippen LogP contribution in [0, 0.1) is 6.92 Å². The number of nitrogens with zero attached hydrogens (tertiary/aromatic N) is 3. The summed E-state index contributed by atoms with van der Waals surface area (Å²) in [6, 6.07) is 14.1.